The van der Waals surface area contributed by atoms with Crippen molar-refractivity contribution in [3.63, 3.8) is 0 Å². The van der Waals surface area contributed by atoms with Gasteiger partial charge in [0.25, 0.3) is 0 Å². The number of benzene rings is 2. The summed E-state index contributed by atoms with van der Waals surface area (Å²) in [6.07, 6.45) is 3.74. The number of anilines is 3. The molecule has 27 heavy (non-hydrogen) atoms. The van der Waals surface area contributed by atoms with E-state index in [9.17, 15) is 17.9 Å². The van der Waals surface area contributed by atoms with Crippen LogP contribution in [0.2, 0.25) is 0 Å². The molecule has 9 heteroatoms. The van der Waals surface area contributed by atoms with Crippen molar-refractivity contribution in [3.05, 3.63) is 66.3 Å². The monoisotopic (exact) mass is 417 g/mol. The Morgan fingerprint density at radius 1 is 1.00 bits per heavy atom. The molecule has 0 aliphatic carbocycles. The van der Waals surface area contributed by atoms with Gasteiger partial charge in [-0.1, -0.05) is 24.3 Å². The van der Waals surface area contributed by atoms with Crippen molar-refractivity contribution in [2.75, 3.05) is 35.8 Å². The Balaban J connectivity index is 0.00000261. The highest BCUT2D eigenvalue weighted by molar-refractivity contribution is 8.27. The van der Waals surface area contributed by atoms with E-state index in [1.165, 1.54) is 10.4 Å². The number of hydrogen-bond donors (Lipinski definition) is 2. The molecule has 3 rings (SSSR count). The van der Waals surface area contributed by atoms with E-state index in [-0.39, 0.29) is 24.6 Å². The average molecular weight is 418 g/mol. The van der Waals surface area contributed by atoms with Crippen molar-refractivity contribution in [1.82, 2.24) is 4.90 Å². The zero-order valence-corrected chi connectivity index (χ0v) is 16.6. The van der Waals surface area contributed by atoms with E-state index in [1.54, 1.807) is 24.3 Å². The van der Waals surface area contributed by atoms with Gasteiger partial charge in [0.2, 0.25) is 0 Å². The van der Waals surface area contributed by atoms with Crippen LogP contribution in [0.15, 0.2) is 54.6 Å². The van der Waals surface area contributed by atoms with Gasteiger partial charge in [-0.25, -0.2) is 17.4 Å². The molecule has 0 unspecified atom stereocenters. The van der Waals surface area contributed by atoms with Crippen molar-refractivity contribution in [2.45, 2.75) is 0 Å². The molecule has 5 nitrogen and oxygen atoms in total. The van der Waals surface area contributed by atoms with Crippen molar-refractivity contribution in [1.29, 1.82) is 0 Å². The summed E-state index contributed by atoms with van der Waals surface area (Å²) in [5, 5.41) is 0. The van der Waals surface area contributed by atoms with Gasteiger partial charge in [0.05, 0.1) is 17.9 Å². The third kappa shape index (κ3) is 4.20. The average Bonchev–Trinajstić information content (AvgIpc) is 2.79. The molecule has 0 bridgehead atoms. The highest BCUT2D eigenvalue weighted by atomic mass is 35.5. The fourth-order valence-electron chi connectivity index (χ4n) is 2.77. The van der Waals surface area contributed by atoms with Crippen LogP contribution >= 0.6 is 23.4 Å². The predicted octanol–water partition coefficient (Wildman–Crippen LogP) is 5.04. The Kier molecular flexibility index (Phi) is 6.72. The second-order valence-electron chi connectivity index (χ2n) is 6.16. The van der Waals surface area contributed by atoms with Crippen molar-refractivity contribution < 1.29 is 17.9 Å². The second kappa shape index (κ2) is 8.45. The maximum Gasteiger partial charge on any atom is 0.151 e. The molecule has 1 aliphatic rings. The molecule has 0 spiro atoms. The molecule has 1 aliphatic heterocycles. The normalized spacial score (nSPS) is 16.6. The van der Waals surface area contributed by atoms with Crippen LogP contribution in [0.4, 0.5) is 25.8 Å². The summed E-state index contributed by atoms with van der Waals surface area (Å²) in [4.78, 5) is 1.98. The van der Waals surface area contributed by atoms with Gasteiger partial charge in [-0.15, -0.1) is 12.4 Å². The van der Waals surface area contributed by atoms with Crippen molar-refractivity contribution in [3.8, 4) is 0 Å². The smallest absolute Gasteiger partial charge is 0.151 e. The zero-order chi connectivity index (χ0) is 18.9. The zero-order valence-electron chi connectivity index (χ0n) is 14.9. The van der Waals surface area contributed by atoms with E-state index in [0.717, 1.165) is 16.4 Å². The van der Waals surface area contributed by atoms with E-state index in [0.29, 0.717) is 17.9 Å². The summed E-state index contributed by atoms with van der Waals surface area (Å²) in [6.45, 7) is 0.956. The molecule has 0 atom stereocenters. The van der Waals surface area contributed by atoms with E-state index in [2.05, 4.69) is 0 Å². The molecule has 0 saturated carbocycles. The SMILES string of the molecule is CN(C)C/C=C/CN1c2ccccc2N(c2ccc(F)cc2F)S1(O)O.Cl. The van der Waals surface area contributed by atoms with Crippen LogP contribution in [0.25, 0.3) is 0 Å². The molecular weight excluding hydrogens is 396 g/mol. The fourth-order valence-corrected chi connectivity index (χ4v) is 4.50. The number of halogens is 3. The Labute approximate surface area is 165 Å². The number of para-hydroxylation sites is 2. The Morgan fingerprint density at radius 2 is 1.67 bits per heavy atom. The van der Waals surface area contributed by atoms with Gasteiger partial charge in [-0.2, -0.15) is 0 Å². The van der Waals surface area contributed by atoms with Gasteiger partial charge >= 0.3 is 0 Å². The summed E-state index contributed by atoms with van der Waals surface area (Å²) in [5.74, 6) is -1.58. The fraction of sp³-hybridized carbons (Fsp3) is 0.222. The number of likely N-dealkylation sites (N-methyl/N-ethyl adjacent to an activating group) is 1. The highest BCUT2D eigenvalue weighted by Gasteiger charge is 2.42. The van der Waals surface area contributed by atoms with Gasteiger partial charge in [-0.3, -0.25) is 9.11 Å². The van der Waals surface area contributed by atoms with Gasteiger partial charge in [0.15, 0.2) is 5.82 Å². The molecule has 0 amide bonds. The first-order valence-electron chi connectivity index (χ1n) is 8.02. The molecule has 1 heterocycles. The van der Waals surface area contributed by atoms with E-state index >= 15 is 0 Å². The molecule has 2 N–H and O–H groups in total. The van der Waals surface area contributed by atoms with Crippen LogP contribution in [-0.4, -0.2) is 41.2 Å². The van der Waals surface area contributed by atoms with E-state index < -0.39 is 22.6 Å². The van der Waals surface area contributed by atoms with Gasteiger partial charge < -0.3 is 4.90 Å². The molecule has 2 aromatic carbocycles. The molecule has 0 fully saturated rings. The second-order valence-corrected chi connectivity index (χ2v) is 7.95. The molecular formula is C18H22ClF2N3O2S. The lowest BCUT2D eigenvalue weighted by Crippen LogP contribution is -2.31. The Bertz CT molecular complexity index is 836. The standard InChI is InChI=1S/C18H21F2N3O2S.ClH/c1-21(2)11-5-6-12-22-17-7-3-4-8-18(17)23(26(22,24)25)16-10-9-14(19)13-15(16)20;/h3-10,13,24-25H,11-12H2,1-2H3;1H/b6-5+;. The van der Waals surface area contributed by atoms with Crippen LogP contribution < -0.4 is 8.61 Å². The summed E-state index contributed by atoms with van der Waals surface area (Å²) < 4.78 is 51.9. The summed E-state index contributed by atoms with van der Waals surface area (Å²) in [5.41, 5.74) is 0.948. The van der Waals surface area contributed by atoms with Crippen LogP contribution in [-0.2, 0) is 0 Å². The van der Waals surface area contributed by atoms with Crippen LogP contribution in [0.1, 0.15) is 0 Å². The first-order valence-corrected chi connectivity index (χ1v) is 9.48. The van der Waals surface area contributed by atoms with E-state index in [4.69, 9.17) is 0 Å². The number of fused-ring (bicyclic) bond motifs is 1. The summed E-state index contributed by atoms with van der Waals surface area (Å²) in [7, 11) is 0.329. The first kappa shape index (κ1) is 21.5. The Morgan fingerprint density at radius 3 is 2.30 bits per heavy atom. The van der Waals surface area contributed by atoms with Crippen LogP contribution in [0, 0.1) is 11.6 Å². The first-order chi connectivity index (χ1) is 12.3. The minimum atomic E-state index is -3.54. The summed E-state index contributed by atoms with van der Waals surface area (Å²) >= 11 is 0. The van der Waals surface area contributed by atoms with Gasteiger partial charge in [-0.05, 0) is 49.3 Å². The van der Waals surface area contributed by atoms with Gasteiger partial charge in [0.1, 0.15) is 11.5 Å². The number of nitrogens with zero attached hydrogens (tertiary/aromatic N) is 3. The molecule has 148 valence electrons. The molecule has 0 radical (unpaired) electrons. The van der Waals surface area contributed by atoms with Crippen LogP contribution in [0.5, 0.6) is 0 Å². The summed E-state index contributed by atoms with van der Waals surface area (Å²) in [6, 6.07) is 9.95. The maximum atomic E-state index is 14.3. The lowest BCUT2D eigenvalue weighted by atomic mass is 10.2. The van der Waals surface area contributed by atoms with Crippen molar-refractivity contribution in [2.24, 2.45) is 0 Å². The minimum absolute atomic E-state index is 0. The highest BCUT2D eigenvalue weighted by Crippen LogP contribution is 2.64. The lowest BCUT2D eigenvalue weighted by Gasteiger charge is -2.43. The Hall–Kier alpha value is -1.84. The van der Waals surface area contributed by atoms with E-state index in [1.807, 2.05) is 31.1 Å². The third-order valence-corrected chi connectivity index (χ3v) is 5.77. The predicted molar refractivity (Wildman–Crippen MR) is 110 cm³/mol. The lowest BCUT2D eigenvalue weighted by molar-refractivity contribution is 0.456. The maximum absolute atomic E-state index is 14.3. The third-order valence-electron chi connectivity index (χ3n) is 3.95. The topological polar surface area (TPSA) is 50.2 Å². The minimum Gasteiger partial charge on any atom is -0.306 e. The van der Waals surface area contributed by atoms with Gasteiger partial charge in [0, 0.05) is 12.6 Å². The number of hydrogen-bond acceptors (Lipinski definition) is 5. The van der Waals surface area contributed by atoms with Crippen molar-refractivity contribution >= 4 is 40.4 Å². The molecule has 2 aromatic rings. The molecule has 0 saturated heterocycles. The quantitative estimate of drug-likeness (QED) is 0.667. The number of rotatable bonds is 5. The van der Waals surface area contributed by atoms with Crippen LogP contribution in [0.3, 0.4) is 0 Å². The molecule has 0 aromatic heterocycles. The largest absolute Gasteiger partial charge is 0.306 e.